The number of fused-ring (bicyclic) bond motifs is 1. The van der Waals surface area contributed by atoms with E-state index in [1.807, 2.05) is 30.3 Å². The van der Waals surface area contributed by atoms with Crippen LogP contribution in [0.1, 0.15) is 24.2 Å². The standard InChI is InChI=1S/C23H28N4O2/c1-23(2,26-12-14-29-15-13-26)16-27-20-7-5-4-6-19(20)25-21(27)17-8-10-18(11-9-17)22(28)24-3/h4-11H,12-16H2,1-3H3,(H,24,28). The minimum atomic E-state index is -0.0847. The molecule has 1 aromatic heterocycles. The fourth-order valence-electron chi connectivity index (χ4n) is 4.03. The summed E-state index contributed by atoms with van der Waals surface area (Å²) >= 11 is 0. The average molecular weight is 393 g/mol. The number of ether oxygens (including phenoxy) is 1. The van der Waals surface area contributed by atoms with E-state index in [1.165, 1.54) is 0 Å². The lowest BCUT2D eigenvalue weighted by Crippen LogP contribution is -2.52. The maximum absolute atomic E-state index is 11.9. The van der Waals surface area contributed by atoms with Gasteiger partial charge in [0.1, 0.15) is 5.82 Å². The normalized spacial score (nSPS) is 15.6. The highest BCUT2D eigenvalue weighted by Crippen LogP contribution is 2.29. The minimum absolute atomic E-state index is 0.0377. The van der Waals surface area contributed by atoms with Crippen LogP contribution in [0.4, 0.5) is 0 Å². The number of para-hydroxylation sites is 2. The molecule has 6 nitrogen and oxygen atoms in total. The molecule has 1 aliphatic heterocycles. The van der Waals surface area contributed by atoms with E-state index in [9.17, 15) is 4.79 Å². The summed E-state index contributed by atoms with van der Waals surface area (Å²) in [5.74, 6) is 0.842. The van der Waals surface area contributed by atoms with Crippen molar-refractivity contribution >= 4 is 16.9 Å². The van der Waals surface area contributed by atoms with Gasteiger partial charge in [-0.1, -0.05) is 24.3 Å². The molecular formula is C23H28N4O2. The van der Waals surface area contributed by atoms with Crippen LogP contribution in [0.5, 0.6) is 0 Å². The van der Waals surface area contributed by atoms with Gasteiger partial charge in [-0.15, -0.1) is 0 Å². The van der Waals surface area contributed by atoms with E-state index < -0.39 is 0 Å². The van der Waals surface area contributed by atoms with Crippen LogP contribution in [0, 0.1) is 0 Å². The minimum Gasteiger partial charge on any atom is -0.379 e. The first-order chi connectivity index (χ1) is 14.0. The summed E-state index contributed by atoms with van der Waals surface area (Å²) in [6.45, 7) is 8.83. The van der Waals surface area contributed by atoms with E-state index >= 15 is 0 Å². The number of hydrogen-bond donors (Lipinski definition) is 1. The number of amides is 1. The van der Waals surface area contributed by atoms with Crippen molar-refractivity contribution in [2.45, 2.75) is 25.9 Å². The molecular weight excluding hydrogens is 364 g/mol. The molecule has 2 heterocycles. The Labute approximate surface area is 171 Å². The van der Waals surface area contributed by atoms with Gasteiger partial charge in [-0.3, -0.25) is 9.69 Å². The lowest BCUT2D eigenvalue weighted by molar-refractivity contribution is -0.0151. The van der Waals surface area contributed by atoms with Gasteiger partial charge in [-0.25, -0.2) is 4.98 Å². The van der Waals surface area contributed by atoms with Crippen LogP contribution < -0.4 is 5.32 Å². The fraction of sp³-hybridized carbons (Fsp3) is 0.391. The van der Waals surface area contributed by atoms with E-state index in [1.54, 1.807) is 7.05 Å². The monoisotopic (exact) mass is 392 g/mol. The molecule has 1 fully saturated rings. The van der Waals surface area contributed by atoms with Gasteiger partial charge in [0.2, 0.25) is 0 Å². The molecule has 6 heteroatoms. The van der Waals surface area contributed by atoms with Crippen LogP contribution in [-0.2, 0) is 11.3 Å². The first-order valence-electron chi connectivity index (χ1n) is 10.1. The topological polar surface area (TPSA) is 59.4 Å². The van der Waals surface area contributed by atoms with Crippen molar-refractivity contribution in [3.05, 3.63) is 54.1 Å². The van der Waals surface area contributed by atoms with Crippen molar-refractivity contribution in [3.8, 4) is 11.4 Å². The lowest BCUT2D eigenvalue weighted by atomic mass is 10.0. The molecule has 1 saturated heterocycles. The molecule has 3 aromatic rings. The second kappa shape index (κ2) is 7.97. The van der Waals surface area contributed by atoms with Crippen LogP contribution in [0.15, 0.2) is 48.5 Å². The van der Waals surface area contributed by atoms with Gasteiger partial charge in [0.25, 0.3) is 5.91 Å². The van der Waals surface area contributed by atoms with Gasteiger partial charge in [0, 0.05) is 43.3 Å². The Hall–Kier alpha value is -2.70. The Morgan fingerprint density at radius 1 is 1.10 bits per heavy atom. The zero-order valence-corrected chi connectivity index (χ0v) is 17.3. The summed E-state index contributed by atoms with van der Waals surface area (Å²) in [6.07, 6.45) is 0. The van der Waals surface area contributed by atoms with Crippen LogP contribution >= 0.6 is 0 Å². The van der Waals surface area contributed by atoms with E-state index in [2.05, 4.69) is 46.8 Å². The molecule has 0 saturated carbocycles. The van der Waals surface area contributed by atoms with Crippen molar-refractivity contribution in [1.29, 1.82) is 0 Å². The van der Waals surface area contributed by atoms with E-state index in [-0.39, 0.29) is 11.4 Å². The third kappa shape index (κ3) is 3.91. The van der Waals surface area contributed by atoms with Crippen LogP contribution in [0.2, 0.25) is 0 Å². The molecule has 1 amide bonds. The molecule has 0 radical (unpaired) electrons. The van der Waals surface area contributed by atoms with Gasteiger partial charge < -0.3 is 14.6 Å². The summed E-state index contributed by atoms with van der Waals surface area (Å²) in [6, 6.07) is 15.9. The van der Waals surface area contributed by atoms with Crippen molar-refractivity contribution in [2.75, 3.05) is 33.4 Å². The second-order valence-corrected chi connectivity index (χ2v) is 8.08. The largest absolute Gasteiger partial charge is 0.379 e. The number of hydrogen-bond acceptors (Lipinski definition) is 4. The van der Waals surface area contributed by atoms with Crippen LogP contribution in [0.3, 0.4) is 0 Å². The predicted molar refractivity (Wildman–Crippen MR) is 115 cm³/mol. The summed E-state index contributed by atoms with van der Waals surface area (Å²) in [4.78, 5) is 19.3. The number of rotatable bonds is 5. The molecule has 0 atom stereocenters. The summed E-state index contributed by atoms with van der Waals surface area (Å²) in [5.41, 5.74) is 3.72. The van der Waals surface area contributed by atoms with Gasteiger partial charge in [-0.05, 0) is 38.1 Å². The zero-order chi connectivity index (χ0) is 20.4. The lowest BCUT2D eigenvalue weighted by Gasteiger charge is -2.41. The Balaban J connectivity index is 1.74. The molecule has 2 aromatic carbocycles. The van der Waals surface area contributed by atoms with E-state index in [4.69, 9.17) is 9.72 Å². The molecule has 152 valence electrons. The second-order valence-electron chi connectivity index (χ2n) is 8.08. The molecule has 0 spiro atoms. The van der Waals surface area contributed by atoms with E-state index in [0.717, 1.165) is 55.3 Å². The maximum Gasteiger partial charge on any atom is 0.251 e. The molecule has 4 rings (SSSR count). The molecule has 0 aliphatic carbocycles. The number of aromatic nitrogens is 2. The van der Waals surface area contributed by atoms with Gasteiger partial charge in [0.15, 0.2) is 0 Å². The Kier molecular flexibility index (Phi) is 5.39. The van der Waals surface area contributed by atoms with Crippen molar-refractivity contribution in [3.63, 3.8) is 0 Å². The smallest absolute Gasteiger partial charge is 0.251 e. The number of carbonyl (C=O) groups excluding carboxylic acids is 1. The number of benzene rings is 2. The van der Waals surface area contributed by atoms with Crippen LogP contribution in [0.25, 0.3) is 22.4 Å². The van der Waals surface area contributed by atoms with Crippen molar-refractivity contribution < 1.29 is 9.53 Å². The Bertz CT molecular complexity index is 1000. The highest BCUT2D eigenvalue weighted by molar-refractivity contribution is 5.94. The number of nitrogens with zero attached hydrogens (tertiary/aromatic N) is 3. The summed E-state index contributed by atoms with van der Waals surface area (Å²) in [7, 11) is 1.64. The maximum atomic E-state index is 11.9. The van der Waals surface area contributed by atoms with Crippen molar-refractivity contribution in [1.82, 2.24) is 19.8 Å². The van der Waals surface area contributed by atoms with Crippen LogP contribution in [-0.4, -0.2) is 59.2 Å². The SMILES string of the molecule is CNC(=O)c1ccc(-c2nc3ccccc3n2CC(C)(C)N2CCOCC2)cc1. The fourth-order valence-corrected chi connectivity index (χ4v) is 4.03. The van der Waals surface area contributed by atoms with E-state index in [0.29, 0.717) is 5.56 Å². The van der Waals surface area contributed by atoms with Gasteiger partial charge in [0.05, 0.1) is 24.2 Å². The Morgan fingerprint density at radius 3 is 2.48 bits per heavy atom. The highest BCUT2D eigenvalue weighted by Gasteiger charge is 2.30. The molecule has 29 heavy (non-hydrogen) atoms. The van der Waals surface area contributed by atoms with Gasteiger partial charge >= 0.3 is 0 Å². The summed E-state index contributed by atoms with van der Waals surface area (Å²) < 4.78 is 7.84. The number of morpholine rings is 1. The molecule has 1 N–H and O–H groups in total. The average Bonchev–Trinajstić information content (AvgIpc) is 3.12. The Morgan fingerprint density at radius 2 is 1.79 bits per heavy atom. The predicted octanol–water partition coefficient (Wildman–Crippen LogP) is 3.17. The third-order valence-corrected chi connectivity index (χ3v) is 5.70. The quantitative estimate of drug-likeness (QED) is 0.725. The van der Waals surface area contributed by atoms with Crippen molar-refractivity contribution in [2.24, 2.45) is 0 Å². The first-order valence-corrected chi connectivity index (χ1v) is 10.1. The molecule has 0 unspecified atom stereocenters. The summed E-state index contributed by atoms with van der Waals surface area (Å²) in [5, 5.41) is 2.67. The number of imidazole rings is 1. The zero-order valence-electron chi connectivity index (χ0n) is 17.3. The highest BCUT2D eigenvalue weighted by atomic mass is 16.5. The molecule has 0 bridgehead atoms. The van der Waals surface area contributed by atoms with Gasteiger partial charge in [-0.2, -0.15) is 0 Å². The number of carbonyl (C=O) groups is 1. The third-order valence-electron chi connectivity index (χ3n) is 5.70. The number of nitrogens with one attached hydrogen (secondary N) is 1. The first kappa shape index (κ1) is 19.6. The molecule has 1 aliphatic rings.